The van der Waals surface area contributed by atoms with Gasteiger partial charge in [-0.3, -0.25) is 0 Å². The Kier molecular flexibility index (Phi) is 4.87. The van der Waals surface area contributed by atoms with Crippen LogP contribution >= 0.6 is 0 Å². The second kappa shape index (κ2) is 5.17. The third-order valence-electron chi connectivity index (χ3n) is 1.46. The van der Waals surface area contributed by atoms with Crippen LogP contribution in [0.4, 0.5) is 4.79 Å². The summed E-state index contributed by atoms with van der Waals surface area (Å²) in [6, 6.07) is -0.370. The van der Waals surface area contributed by atoms with E-state index in [1.165, 1.54) is 0 Å². The molecule has 0 aliphatic rings. The number of ether oxygens (including phenoxy) is 1. The molecule has 4 N–H and O–H groups in total. The van der Waals surface area contributed by atoms with Gasteiger partial charge in [-0.25, -0.2) is 4.79 Å². The molecule has 0 fully saturated rings. The lowest BCUT2D eigenvalue weighted by atomic mass is 10.2. The van der Waals surface area contributed by atoms with Gasteiger partial charge in [-0.2, -0.15) is 0 Å². The molecule has 5 heteroatoms. The molecule has 0 aromatic rings. The molecule has 14 heavy (non-hydrogen) atoms. The van der Waals surface area contributed by atoms with Crippen molar-refractivity contribution in [3.05, 3.63) is 0 Å². The van der Waals surface area contributed by atoms with Crippen LogP contribution in [0.2, 0.25) is 0 Å². The van der Waals surface area contributed by atoms with Crippen molar-refractivity contribution in [3.8, 4) is 0 Å². The highest BCUT2D eigenvalue weighted by Gasteiger charge is 2.17. The molecule has 0 radical (unpaired) electrons. The van der Waals surface area contributed by atoms with Gasteiger partial charge in [0.05, 0.1) is 6.10 Å². The second-order valence-electron chi connectivity index (χ2n) is 4.31. The van der Waals surface area contributed by atoms with Crippen LogP contribution in [-0.2, 0) is 4.74 Å². The summed E-state index contributed by atoms with van der Waals surface area (Å²) < 4.78 is 4.97. The number of amides is 1. The van der Waals surface area contributed by atoms with Crippen molar-refractivity contribution in [3.63, 3.8) is 0 Å². The first-order valence-corrected chi connectivity index (χ1v) is 4.63. The highest BCUT2D eigenvalue weighted by atomic mass is 16.6. The number of hydrogen-bond acceptors (Lipinski definition) is 4. The summed E-state index contributed by atoms with van der Waals surface area (Å²) in [6.07, 6.45) is -1.29. The van der Waals surface area contributed by atoms with Crippen molar-refractivity contribution < 1.29 is 14.6 Å². The number of aliphatic hydroxyl groups excluding tert-OH is 1. The zero-order valence-electron chi connectivity index (χ0n) is 9.20. The molecule has 2 atom stereocenters. The summed E-state index contributed by atoms with van der Waals surface area (Å²) >= 11 is 0. The normalized spacial score (nSPS) is 15.9. The van der Waals surface area contributed by atoms with Crippen molar-refractivity contribution in [1.82, 2.24) is 5.32 Å². The van der Waals surface area contributed by atoms with E-state index in [4.69, 9.17) is 10.5 Å². The Hall–Kier alpha value is -0.810. The third kappa shape index (κ3) is 6.68. The van der Waals surface area contributed by atoms with Crippen molar-refractivity contribution in [2.75, 3.05) is 6.54 Å². The highest BCUT2D eigenvalue weighted by molar-refractivity contribution is 5.67. The van der Waals surface area contributed by atoms with Crippen molar-refractivity contribution in [2.24, 2.45) is 5.73 Å². The van der Waals surface area contributed by atoms with E-state index in [0.29, 0.717) is 0 Å². The number of nitrogens with two attached hydrogens (primary N) is 1. The molecule has 0 heterocycles. The number of aliphatic hydroxyl groups is 1. The van der Waals surface area contributed by atoms with Crippen molar-refractivity contribution >= 4 is 6.09 Å². The molecule has 0 saturated heterocycles. The van der Waals surface area contributed by atoms with Crippen LogP contribution in [0, 0.1) is 0 Å². The molecular weight excluding hydrogens is 184 g/mol. The van der Waals surface area contributed by atoms with E-state index in [2.05, 4.69) is 5.32 Å². The summed E-state index contributed by atoms with van der Waals surface area (Å²) in [4.78, 5) is 11.1. The Balaban J connectivity index is 3.75. The first-order chi connectivity index (χ1) is 6.22. The monoisotopic (exact) mass is 204 g/mol. The van der Waals surface area contributed by atoms with Gasteiger partial charge in [0.15, 0.2) is 0 Å². The van der Waals surface area contributed by atoms with Gasteiger partial charge in [-0.05, 0) is 27.7 Å². The molecule has 2 unspecified atom stereocenters. The van der Waals surface area contributed by atoms with Gasteiger partial charge >= 0.3 is 6.09 Å². The average molecular weight is 204 g/mol. The Morgan fingerprint density at radius 3 is 2.43 bits per heavy atom. The molecule has 84 valence electrons. The molecule has 1 amide bonds. The molecule has 0 aliphatic carbocycles. The standard InChI is InChI=1S/C9H20N2O3/c1-6(10)7(12)5-11-8(13)14-9(2,3)4/h6-7,12H,5,10H2,1-4H3,(H,11,13). The van der Waals surface area contributed by atoms with E-state index >= 15 is 0 Å². The van der Waals surface area contributed by atoms with Crippen LogP contribution < -0.4 is 11.1 Å². The number of nitrogens with one attached hydrogen (secondary N) is 1. The fourth-order valence-corrected chi connectivity index (χ4v) is 0.688. The van der Waals surface area contributed by atoms with Crippen LogP contribution in [0.5, 0.6) is 0 Å². The van der Waals surface area contributed by atoms with Crippen LogP contribution in [0.15, 0.2) is 0 Å². The predicted octanol–water partition coefficient (Wildman–Crippen LogP) is 0.219. The number of carbonyl (C=O) groups is 1. The summed E-state index contributed by atoms with van der Waals surface area (Å²) in [5.41, 5.74) is 4.88. The van der Waals surface area contributed by atoms with Crippen LogP contribution in [-0.4, -0.2) is 35.5 Å². The third-order valence-corrected chi connectivity index (χ3v) is 1.46. The van der Waals surface area contributed by atoms with E-state index in [9.17, 15) is 9.90 Å². The maximum Gasteiger partial charge on any atom is 0.407 e. The summed E-state index contributed by atoms with van der Waals surface area (Å²) in [7, 11) is 0. The van der Waals surface area contributed by atoms with E-state index in [-0.39, 0.29) is 12.6 Å². The van der Waals surface area contributed by atoms with Gasteiger partial charge in [0.25, 0.3) is 0 Å². The quantitative estimate of drug-likeness (QED) is 0.614. The summed E-state index contributed by atoms with van der Waals surface area (Å²) in [6.45, 7) is 7.09. The zero-order chi connectivity index (χ0) is 11.4. The lowest BCUT2D eigenvalue weighted by molar-refractivity contribution is 0.0483. The highest BCUT2D eigenvalue weighted by Crippen LogP contribution is 2.06. The Labute approximate surface area is 84.6 Å². The van der Waals surface area contributed by atoms with Gasteiger partial charge in [-0.15, -0.1) is 0 Å². The minimum Gasteiger partial charge on any atom is -0.444 e. The first-order valence-electron chi connectivity index (χ1n) is 4.63. The number of rotatable bonds is 3. The largest absolute Gasteiger partial charge is 0.444 e. The van der Waals surface area contributed by atoms with E-state index in [0.717, 1.165) is 0 Å². The maximum atomic E-state index is 11.1. The predicted molar refractivity (Wildman–Crippen MR) is 53.9 cm³/mol. The van der Waals surface area contributed by atoms with Gasteiger partial charge < -0.3 is 20.9 Å². The Bertz CT molecular complexity index is 187. The van der Waals surface area contributed by atoms with E-state index in [1.807, 2.05) is 0 Å². The molecule has 5 nitrogen and oxygen atoms in total. The lowest BCUT2D eigenvalue weighted by Gasteiger charge is -2.21. The molecule has 0 aromatic carbocycles. The fraction of sp³-hybridized carbons (Fsp3) is 0.889. The van der Waals surface area contributed by atoms with E-state index in [1.54, 1.807) is 27.7 Å². The number of carbonyl (C=O) groups excluding carboxylic acids is 1. The molecule has 0 saturated carbocycles. The Morgan fingerprint density at radius 1 is 1.57 bits per heavy atom. The molecular formula is C9H20N2O3. The van der Waals surface area contributed by atoms with Gasteiger partial charge in [0, 0.05) is 12.6 Å². The van der Waals surface area contributed by atoms with Crippen LogP contribution in [0.25, 0.3) is 0 Å². The van der Waals surface area contributed by atoms with Gasteiger partial charge in [0.1, 0.15) is 5.60 Å². The fourth-order valence-electron chi connectivity index (χ4n) is 0.688. The molecule has 0 rings (SSSR count). The van der Waals surface area contributed by atoms with Crippen LogP contribution in [0.3, 0.4) is 0 Å². The summed E-state index contributed by atoms with van der Waals surface area (Å²) in [5, 5.41) is 11.7. The summed E-state index contributed by atoms with van der Waals surface area (Å²) in [5.74, 6) is 0. The minimum absolute atomic E-state index is 0.104. The molecule has 0 aliphatic heterocycles. The molecule has 0 bridgehead atoms. The van der Waals surface area contributed by atoms with Gasteiger partial charge in [0.2, 0.25) is 0 Å². The zero-order valence-corrected chi connectivity index (χ0v) is 9.20. The molecule has 0 aromatic heterocycles. The second-order valence-corrected chi connectivity index (χ2v) is 4.31. The first kappa shape index (κ1) is 13.2. The SMILES string of the molecule is CC(N)C(O)CNC(=O)OC(C)(C)C. The van der Waals surface area contributed by atoms with Crippen molar-refractivity contribution in [1.29, 1.82) is 0 Å². The minimum atomic E-state index is -0.748. The number of alkyl carbamates (subject to hydrolysis) is 1. The van der Waals surface area contributed by atoms with E-state index < -0.39 is 17.8 Å². The van der Waals surface area contributed by atoms with Gasteiger partial charge in [-0.1, -0.05) is 0 Å². The average Bonchev–Trinajstić information content (AvgIpc) is 1.96. The maximum absolute atomic E-state index is 11.1. The topological polar surface area (TPSA) is 84.6 Å². The van der Waals surface area contributed by atoms with Crippen molar-refractivity contribution in [2.45, 2.75) is 45.4 Å². The number of hydrogen-bond donors (Lipinski definition) is 3. The Morgan fingerprint density at radius 2 is 2.07 bits per heavy atom. The smallest absolute Gasteiger partial charge is 0.407 e. The molecule has 0 spiro atoms. The lowest BCUT2D eigenvalue weighted by Crippen LogP contribution is -2.43. The van der Waals surface area contributed by atoms with Crippen LogP contribution in [0.1, 0.15) is 27.7 Å².